The molecule has 1 unspecified atom stereocenters. The number of rotatable bonds is 5. The Morgan fingerprint density at radius 1 is 1.26 bits per heavy atom. The normalized spacial score (nSPS) is 17.6. The Morgan fingerprint density at radius 2 is 2.00 bits per heavy atom. The van der Waals surface area contributed by atoms with Crippen molar-refractivity contribution in [2.75, 3.05) is 13.2 Å². The molecular formula is C21H32N4O2. The van der Waals surface area contributed by atoms with Crippen LogP contribution in [-0.2, 0) is 21.5 Å². The molecule has 1 aliphatic heterocycles. The second-order valence-corrected chi connectivity index (χ2v) is 8.61. The van der Waals surface area contributed by atoms with Crippen molar-refractivity contribution >= 4 is 16.9 Å². The molecule has 1 fully saturated rings. The average Bonchev–Trinajstić information content (AvgIpc) is 3.20. The average molecular weight is 373 g/mol. The standard InChI is InChI=1S/C21H32N4O2/c1-13-17(9-10-18(26)22-12-16-8-7-11-27-16)14(2)23-20-19(13)15(3)24-25(20)21(4,5)6/h16H,7-12H2,1-6H3,(H,22,26). The molecule has 0 spiro atoms. The van der Waals surface area contributed by atoms with Gasteiger partial charge in [-0.1, -0.05) is 0 Å². The summed E-state index contributed by atoms with van der Waals surface area (Å²) < 4.78 is 7.57. The highest BCUT2D eigenvalue weighted by molar-refractivity contribution is 5.84. The third-order valence-electron chi connectivity index (χ3n) is 5.36. The van der Waals surface area contributed by atoms with Crippen molar-refractivity contribution in [3.63, 3.8) is 0 Å². The molecule has 148 valence electrons. The largest absolute Gasteiger partial charge is 0.376 e. The number of carbonyl (C=O) groups is 1. The lowest BCUT2D eigenvalue weighted by molar-refractivity contribution is -0.121. The molecule has 0 aromatic carbocycles. The zero-order chi connectivity index (χ0) is 19.8. The van der Waals surface area contributed by atoms with Crippen LogP contribution in [0.1, 0.15) is 62.5 Å². The lowest BCUT2D eigenvalue weighted by Crippen LogP contribution is -2.31. The van der Waals surface area contributed by atoms with Crippen LogP contribution in [0.5, 0.6) is 0 Å². The maximum atomic E-state index is 12.3. The van der Waals surface area contributed by atoms with Crippen LogP contribution in [-0.4, -0.2) is 39.9 Å². The third-order valence-corrected chi connectivity index (χ3v) is 5.36. The summed E-state index contributed by atoms with van der Waals surface area (Å²) >= 11 is 0. The number of amides is 1. The first kappa shape index (κ1) is 19.8. The summed E-state index contributed by atoms with van der Waals surface area (Å²) in [6.07, 6.45) is 3.47. The van der Waals surface area contributed by atoms with Crippen LogP contribution in [0.25, 0.3) is 11.0 Å². The van der Waals surface area contributed by atoms with Crippen LogP contribution < -0.4 is 5.32 Å². The summed E-state index contributed by atoms with van der Waals surface area (Å²) in [4.78, 5) is 17.1. The van der Waals surface area contributed by atoms with Gasteiger partial charge >= 0.3 is 0 Å². The molecule has 0 aliphatic carbocycles. The second-order valence-electron chi connectivity index (χ2n) is 8.61. The van der Waals surface area contributed by atoms with Crippen molar-refractivity contribution in [1.29, 1.82) is 0 Å². The van der Waals surface area contributed by atoms with Gasteiger partial charge in [-0.2, -0.15) is 5.10 Å². The van der Waals surface area contributed by atoms with Crippen LogP contribution in [0.4, 0.5) is 0 Å². The first-order valence-corrected chi connectivity index (χ1v) is 9.92. The molecule has 0 radical (unpaired) electrons. The van der Waals surface area contributed by atoms with E-state index in [1.165, 1.54) is 5.56 Å². The molecule has 1 saturated heterocycles. The topological polar surface area (TPSA) is 69.0 Å². The van der Waals surface area contributed by atoms with Crippen LogP contribution in [0, 0.1) is 20.8 Å². The zero-order valence-electron chi connectivity index (χ0n) is 17.5. The molecule has 3 heterocycles. The van der Waals surface area contributed by atoms with Crippen LogP contribution in [0.3, 0.4) is 0 Å². The van der Waals surface area contributed by atoms with Gasteiger partial charge in [-0.15, -0.1) is 0 Å². The van der Waals surface area contributed by atoms with E-state index in [0.717, 1.165) is 47.4 Å². The lowest BCUT2D eigenvalue weighted by Gasteiger charge is -2.20. The Labute approximate surface area is 161 Å². The van der Waals surface area contributed by atoms with E-state index in [9.17, 15) is 4.79 Å². The fraction of sp³-hybridized carbons (Fsp3) is 0.667. The van der Waals surface area contributed by atoms with Gasteiger partial charge in [0.05, 0.1) is 17.3 Å². The predicted molar refractivity (Wildman–Crippen MR) is 107 cm³/mol. The number of pyridine rings is 1. The summed E-state index contributed by atoms with van der Waals surface area (Å²) in [5.74, 6) is 0.0755. The monoisotopic (exact) mass is 372 g/mol. The molecule has 2 aromatic rings. The number of hydrogen-bond donors (Lipinski definition) is 1. The van der Waals surface area contributed by atoms with E-state index >= 15 is 0 Å². The van der Waals surface area contributed by atoms with Crippen LogP contribution in [0.2, 0.25) is 0 Å². The number of hydrogen-bond acceptors (Lipinski definition) is 4. The van der Waals surface area contributed by atoms with E-state index in [1.807, 2.05) is 18.5 Å². The fourth-order valence-electron chi connectivity index (χ4n) is 3.90. The Bertz CT molecular complexity index is 842. The van der Waals surface area contributed by atoms with Gasteiger partial charge in [0.15, 0.2) is 5.65 Å². The Balaban J connectivity index is 1.76. The first-order chi connectivity index (χ1) is 12.7. The SMILES string of the molecule is Cc1nc2c(c(C)nn2C(C)(C)C)c(C)c1CCC(=O)NCC1CCCO1. The summed E-state index contributed by atoms with van der Waals surface area (Å²) in [7, 11) is 0. The maximum Gasteiger partial charge on any atom is 0.220 e. The summed E-state index contributed by atoms with van der Waals surface area (Å²) in [5, 5.41) is 8.86. The smallest absolute Gasteiger partial charge is 0.220 e. The number of nitrogens with one attached hydrogen (secondary N) is 1. The van der Waals surface area contributed by atoms with Crippen LogP contribution in [0.15, 0.2) is 0 Å². The fourth-order valence-corrected chi connectivity index (χ4v) is 3.90. The van der Waals surface area contributed by atoms with Crippen molar-refractivity contribution in [2.45, 2.75) is 78.9 Å². The molecule has 1 aliphatic rings. The van der Waals surface area contributed by atoms with Gasteiger partial charge in [0, 0.05) is 30.7 Å². The molecule has 0 bridgehead atoms. The van der Waals surface area contributed by atoms with Gasteiger partial charge in [0.25, 0.3) is 0 Å². The van der Waals surface area contributed by atoms with Crippen molar-refractivity contribution in [3.05, 3.63) is 22.5 Å². The minimum atomic E-state index is -0.123. The number of aromatic nitrogens is 3. The summed E-state index contributed by atoms with van der Waals surface area (Å²) in [6, 6.07) is 0. The molecule has 27 heavy (non-hydrogen) atoms. The van der Waals surface area contributed by atoms with Crippen molar-refractivity contribution < 1.29 is 9.53 Å². The minimum Gasteiger partial charge on any atom is -0.376 e. The van der Waals surface area contributed by atoms with E-state index < -0.39 is 0 Å². The molecule has 1 N–H and O–H groups in total. The summed E-state index contributed by atoms with van der Waals surface area (Å²) in [6.45, 7) is 14.0. The van der Waals surface area contributed by atoms with Gasteiger partial charge in [-0.3, -0.25) is 4.79 Å². The number of nitrogens with zero attached hydrogens (tertiary/aromatic N) is 3. The van der Waals surface area contributed by atoms with Gasteiger partial charge in [-0.25, -0.2) is 9.67 Å². The highest BCUT2D eigenvalue weighted by atomic mass is 16.5. The number of carbonyl (C=O) groups excluding carboxylic acids is 1. The van der Waals surface area contributed by atoms with Gasteiger partial charge in [0.2, 0.25) is 5.91 Å². The third kappa shape index (κ3) is 4.15. The lowest BCUT2D eigenvalue weighted by atomic mass is 9.99. The highest BCUT2D eigenvalue weighted by Crippen LogP contribution is 2.29. The quantitative estimate of drug-likeness (QED) is 0.874. The second kappa shape index (κ2) is 7.58. The molecular weight excluding hydrogens is 340 g/mol. The van der Waals surface area contributed by atoms with E-state index in [-0.39, 0.29) is 17.6 Å². The van der Waals surface area contributed by atoms with E-state index in [1.54, 1.807) is 0 Å². The zero-order valence-corrected chi connectivity index (χ0v) is 17.5. The molecule has 3 rings (SSSR count). The van der Waals surface area contributed by atoms with Crippen LogP contribution >= 0.6 is 0 Å². The van der Waals surface area contributed by atoms with Gasteiger partial charge < -0.3 is 10.1 Å². The van der Waals surface area contributed by atoms with Crippen molar-refractivity contribution in [3.8, 4) is 0 Å². The first-order valence-electron chi connectivity index (χ1n) is 9.92. The molecule has 6 nitrogen and oxygen atoms in total. The maximum absolute atomic E-state index is 12.3. The molecule has 1 amide bonds. The van der Waals surface area contributed by atoms with Gasteiger partial charge in [0.1, 0.15) is 0 Å². The Kier molecular flexibility index (Phi) is 5.56. The molecule has 1 atom stereocenters. The van der Waals surface area contributed by atoms with Gasteiger partial charge in [-0.05, 0) is 71.9 Å². The van der Waals surface area contributed by atoms with E-state index in [0.29, 0.717) is 19.4 Å². The minimum absolute atomic E-state index is 0.0755. The Morgan fingerprint density at radius 3 is 2.63 bits per heavy atom. The predicted octanol–water partition coefficient (Wildman–Crippen LogP) is 3.34. The van der Waals surface area contributed by atoms with Crippen molar-refractivity contribution in [2.24, 2.45) is 0 Å². The molecule has 2 aromatic heterocycles. The summed E-state index contributed by atoms with van der Waals surface area (Å²) in [5.41, 5.74) is 5.14. The number of ether oxygens (including phenoxy) is 1. The number of aryl methyl sites for hydroxylation is 3. The highest BCUT2D eigenvalue weighted by Gasteiger charge is 2.23. The molecule has 6 heteroatoms. The Hall–Kier alpha value is -1.95. The molecule has 0 saturated carbocycles. The number of fused-ring (bicyclic) bond motifs is 1. The van der Waals surface area contributed by atoms with E-state index in [4.69, 9.17) is 14.8 Å². The van der Waals surface area contributed by atoms with E-state index in [2.05, 4.69) is 33.0 Å². The van der Waals surface area contributed by atoms with Crippen molar-refractivity contribution in [1.82, 2.24) is 20.1 Å².